The highest BCUT2D eigenvalue weighted by atomic mass is 16.4. The van der Waals surface area contributed by atoms with E-state index in [1.165, 1.54) is 18.5 Å². The first kappa shape index (κ1) is 12.7. The second kappa shape index (κ2) is 4.89. The maximum absolute atomic E-state index is 11.9. The van der Waals surface area contributed by atoms with E-state index in [-0.39, 0.29) is 17.0 Å². The maximum atomic E-state index is 11.9. The normalized spacial score (nSPS) is 10.2. The van der Waals surface area contributed by atoms with Crippen LogP contribution in [-0.4, -0.2) is 27.0 Å². The number of aryl methyl sites for hydroxylation is 2. The summed E-state index contributed by atoms with van der Waals surface area (Å²) < 4.78 is 5.17. The van der Waals surface area contributed by atoms with Crippen molar-refractivity contribution in [3.8, 4) is 0 Å². The number of nitrogens with zero attached hydrogens (tertiary/aromatic N) is 2. The number of amides is 1. The molecule has 1 amide bonds. The number of carboxylic acids is 1. The highest BCUT2D eigenvalue weighted by Gasteiger charge is 2.16. The molecule has 0 spiro atoms. The van der Waals surface area contributed by atoms with E-state index in [4.69, 9.17) is 9.52 Å². The number of aromatic carboxylic acids is 1. The summed E-state index contributed by atoms with van der Waals surface area (Å²) in [5.41, 5.74) is 0.735. The molecule has 0 saturated heterocycles. The van der Waals surface area contributed by atoms with Gasteiger partial charge in [-0.15, -0.1) is 0 Å². The predicted octanol–water partition coefficient (Wildman–Crippen LogP) is 1.64. The molecular weight excluding hydrogens is 250 g/mol. The largest absolute Gasteiger partial charge is 0.478 e. The quantitative estimate of drug-likeness (QED) is 0.870. The lowest BCUT2D eigenvalue weighted by molar-refractivity contribution is 0.0696. The Hall–Kier alpha value is -2.70. The van der Waals surface area contributed by atoms with Gasteiger partial charge in [0.05, 0.1) is 23.1 Å². The molecule has 0 bridgehead atoms. The Bertz CT molecular complexity index is 648. The lowest BCUT2D eigenvalue weighted by Gasteiger charge is -2.03. The number of oxazole rings is 1. The summed E-state index contributed by atoms with van der Waals surface area (Å²) in [4.78, 5) is 30.4. The third-order valence-electron chi connectivity index (χ3n) is 2.35. The van der Waals surface area contributed by atoms with Crippen LogP contribution in [0.4, 0.5) is 5.69 Å². The van der Waals surface area contributed by atoms with Gasteiger partial charge in [-0.05, 0) is 13.0 Å². The van der Waals surface area contributed by atoms with Crippen LogP contribution in [0.25, 0.3) is 0 Å². The van der Waals surface area contributed by atoms with Gasteiger partial charge < -0.3 is 14.8 Å². The average molecular weight is 261 g/mol. The van der Waals surface area contributed by atoms with Crippen molar-refractivity contribution in [1.29, 1.82) is 0 Å². The van der Waals surface area contributed by atoms with Crippen molar-refractivity contribution >= 4 is 17.6 Å². The summed E-state index contributed by atoms with van der Waals surface area (Å²) >= 11 is 0. The van der Waals surface area contributed by atoms with E-state index in [0.29, 0.717) is 11.6 Å². The second-order valence-corrected chi connectivity index (χ2v) is 3.87. The van der Waals surface area contributed by atoms with Gasteiger partial charge in [0.15, 0.2) is 5.89 Å². The van der Waals surface area contributed by atoms with Crippen molar-refractivity contribution in [2.75, 3.05) is 5.32 Å². The van der Waals surface area contributed by atoms with E-state index < -0.39 is 11.9 Å². The lowest BCUT2D eigenvalue weighted by Crippen LogP contribution is -2.13. The number of pyridine rings is 1. The Kier molecular flexibility index (Phi) is 3.28. The third-order valence-corrected chi connectivity index (χ3v) is 2.35. The van der Waals surface area contributed by atoms with E-state index in [0.717, 1.165) is 0 Å². The number of aromatic nitrogens is 2. The molecule has 7 heteroatoms. The topological polar surface area (TPSA) is 105 Å². The van der Waals surface area contributed by atoms with Gasteiger partial charge in [0.1, 0.15) is 0 Å². The van der Waals surface area contributed by atoms with E-state index in [9.17, 15) is 9.59 Å². The molecule has 2 N–H and O–H groups in total. The van der Waals surface area contributed by atoms with Crippen LogP contribution in [0.5, 0.6) is 0 Å². The van der Waals surface area contributed by atoms with Crippen molar-refractivity contribution in [3.63, 3.8) is 0 Å². The minimum absolute atomic E-state index is 0.0109. The van der Waals surface area contributed by atoms with Gasteiger partial charge in [-0.2, -0.15) is 0 Å². The summed E-state index contributed by atoms with van der Waals surface area (Å²) in [6.45, 7) is 3.29. The molecule has 0 fully saturated rings. The molecule has 0 atom stereocenters. The van der Waals surface area contributed by atoms with Gasteiger partial charge in [-0.25, -0.2) is 9.78 Å². The predicted molar refractivity (Wildman–Crippen MR) is 65.1 cm³/mol. The number of nitrogens with one attached hydrogen (secondary N) is 1. The molecule has 2 rings (SSSR count). The number of rotatable bonds is 3. The fourth-order valence-electron chi connectivity index (χ4n) is 1.56. The van der Waals surface area contributed by atoms with Gasteiger partial charge >= 0.3 is 5.97 Å². The second-order valence-electron chi connectivity index (χ2n) is 3.87. The maximum Gasteiger partial charge on any atom is 0.337 e. The molecule has 0 aliphatic carbocycles. The van der Waals surface area contributed by atoms with Crippen LogP contribution < -0.4 is 5.32 Å². The van der Waals surface area contributed by atoms with Crippen molar-refractivity contribution in [2.45, 2.75) is 13.8 Å². The Morgan fingerprint density at radius 2 is 2.05 bits per heavy atom. The molecule has 0 aliphatic rings. The van der Waals surface area contributed by atoms with Crippen LogP contribution in [0.2, 0.25) is 0 Å². The standard InChI is InChI=1S/C12H11N3O4/c1-6-10(19-7(2)14-6)11(16)15-9-3-8(12(17)18)4-13-5-9/h3-5H,1-2H3,(H,15,16)(H,17,18). The number of carbonyl (C=O) groups excluding carboxylic acids is 1. The first-order valence-corrected chi connectivity index (χ1v) is 5.41. The Morgan fingerprint density at radius 3 is 2.63 bits per heavy atom. The Labute approximate surface area is 108 Å². The summed E-state index contributed by atoms with van der Waals surface area (Å²) in [7, 11) is 0. The van der Waals surface area contributed by atoms with Crippen molar-refractivity contribution < 1.29 is 19.1 Å². The van der Waals surface area contributed by atoms with Crippen LogP contribution in [-0.2, 0) is 0 Å². The van der Waals surface area contributed by atoms with E-state index in [1.54, 1.807) is 13.8 Å². The molecule has 7 nitrogen and oxygen atoms in total. The SMILES string of the molecule is Cc1nc(C)c(C(=O)Nc2cncc(C(=O)O)c2)o1. The van der Waals surface area contributed by atoms with E-state index >= 15 is 0 Å². The minimum atomic E-state index is -1.12. The molecule has 0 saturated carbocycles. The molecule has 2 aromatic rings. The van der Waals surface area contributed by atoms with Crippen molar-refractivity contribution in [1.82, 2.24) is 9.97 Å². The van der Waals surface area contributed by atoms with Gasteiger partial charge in [0.25, 0.3) is 5.91 Å². The van der Waals surface area contributed by atoms with Crippen LogP contribution in [0.1, 0.15) is 32.5 Å². The molecular formula is C12H11N3O4. The number of hydrogen-bond donors (Lipinski definition) is 2. The number of carboxylic acid groups (broad SMARTS) is 1. The monoisotopic (exact) mass is 261 g/mol. The Morgan fingerprint density at radius 1 is 1.32 bits per heavy atom. The zero-order valence-electron chi connectivity index (χ0n) is 10.3. The molecule has 2 heterocycles. The molecule has 98 valence electrons. The van der Waals surface area contributed by atoms with E-state index in [2.05, 4.69) is 15.3 Å². The van der Waals surface area contributed by atoms with Crippen LogP contribution in [0.15, 0.2) is 22.9 Å². The minimum Gasteiger partial charge on any atom is -0.478 e. The van der Waals surface area contributed by atoms with Crippen LogP contribution >= 0.6 is 0 Å². The van der Waals surface area contributed by atoms with E-state index in [1.807, 2.05) is 0 Å². The lowest BCUT2D eigenvalue weighted by atomic mass is 10.2. The van der Waals surface area contributed by atoms with Gasteiger partial charge in [-0.1, -0.05) is 0 Å². The first-order valence-electron chi connectivity index (χ1n) is 5.41. The highest BCUT2D eigenvalue weighted by molar-refractivity contribution is 6.03. The third kappa shape index (κ3) is 2.76. The zero-order valence-corrected chi connectivity index (χ0v) is 10.3. The molecule has 2 aromatic heterocycles. The molecule has 0 aliphatic heterocycles. The first-order chi connectivity index (χ1) is 8.97. The fourth-order valence-corrected chi connectivity index (χ4v) is 1.56. The molecule has 0 radical (unpaired) electrons. The van der Waals surface area contributed by atoms with Gasteiger partial charge in [0, 0.05) is 13.1 Å². The van der Waals surface area contributed by atoms with Crippen LogP contribution in [0.3, 0.4) is 0 Å². The van der Waals surface area contributed by atoms with Crippen molar-refractivity contribution in [2.24, 2.45) is 0 Å². The molecule has 0 aromatic carbocycles. The van der Waals surface area contributed by atoms with Gasteiger partial charge in [0.2, 0.25) is 5.76 Å². The summed E-state index contributed by atoms with van der Waals surface area (Å²) in [5.74, 6) is -1.13. The van der Waals surface area contributed by atoms with Gasteiger partial charge in [-0.3, -0.25) is 9.78 Å². The fraction of sp³-hybridized carbons (Fsp3) is 0.167. The molecule has 19 heavy (non-hydrogen) atoms. The summed E-state index contributed by atoms with van der Waals surface area (Å²) in [6, 6.07) is 1.31. The number of hydrogen-bond acceptors (Lipinski definition) is 5. The van der Waals surface area contributed by atoms with Crippen molar-refractivity contribution in [3.05, 3.63) is 41.4 Å². The summed E-state index contributed by atoms with van der Waals surface area (Å²) in [6.07, 6.45) is 2.55. The smallest absolute Gasteiger partial charge is 0.337 e. The number of anilines is 1. The Balaban J connectivity index is 2.21. The number of carbonyl (C=O) groups is 2. The average Bonchev–Trinajstić information content (AvgIpc) is 2.69. The van der Waals surface area contributed by atoms with Crippen LogP contribution in [0, 0.1) is 13.8 Å². The molecule has 0 unspecified atom stereocenters. The zero-order chi connectivity index (χ0) is 14.0. The highest BCUT2D eigenvalue weighted by Crippen LogP contribution is 2.14. The summed E-state index contributed by atoms with van der Waals surface area (Å²) in [5, 5.41) is 11.3.